The highest BCUT2D eigenvalue weighted by atomic mass is 16.5. The van der Waals surface area contributed by atoms with Crippen molar-refractivity contribution < 1.29 is 14.3 Å². The molecule has 2 rings (SSSR count). The van der Waals surface area contributed by atoms with Crippen molar-refractivity contribution in [2.75, 3.05) is 30.4 Å². The SMILES string of the molecule is CCCCCCOc1ccc(NCC(=O)Nc2ccccc2OCC)cc1. The molecule has 0 aliphatic heterocycles. The third-order valence-electron chi connectivity index (χ3n) is 4.03. The van der Waals surface area contributed by atoms with Gasteiger partial charge in [0.25, 0.3) is 0 Å². The van der Waals surface area contributed by atoms with Crippen LogP contribution in [-0.2, 0) is 4.79 Å². The van der Waals surface area contributed by atoms with Crippen molar-refractivity contribution in [3.05, 3.63) is 48.5 Å². The van der Waals surface area contributed by atoms with Crippen LogP contribution in [-0.4, -0.2) is 25.7 Å². The van der Waals surface area contributed by atoms with Gasteiger partial charge in [-0.05, 0) is 49.7 Å². The molecule has 0 aliphatic carbocycles. The van der Waals surface area contributed by atoms with Crippen LogP contribution in [0, 0.1) is 0 Å². The first-order chi connectivity index (χ1) is 13.2. The lowest BCUT2D eigenvalue weighted by molar-refractivity contribution is -0.114. The molecule has 0 bridgehead atoms. The van der Waals surface area contributed by atoms with E-state index in [4.69, 9.17) is 9.47 Å². The Hall–Kier alpha value is -2.69. The maximum absolute atomic E-state index is 12.2. The van der Waals surface area contributed by atoms with E-state index in [0.717, 1.165) is 24.5 Å². The van der Waals surface area contributed by atoms with E-state index in [1.54, 1.807) is 0 Å². The lowest BCUT2D eigenvalue weighted by Gasteiger charge is -2.12. The smallest absolute Gasteiger partial charge is 0.243 e. The Balaban J connectivity index is 1.75. The fourth-order valence-corrected chi connectivity index (χ4v) is 2.62. The predicted molar refractivity (Wildman–Crippen MR) is 111 cm³/mol. The molecule has 2 aromatic carbocycles. The molecule has 27 heavy (non-hydrogen) atoms. The molecule has 2 aromatic rings. The molecule has 0 atom stereocenters. The minimum atomic E-state index is -0.126. The van der Waals surface area contributed by atoms with Crippen molar-refractivity contribution in [2.24, 2.45) is 0 Å². The molecule has 0 radical (unpaired) electrons. The van der Waals surface area contributed by atoms with E-state index in [2.05, 4.69) is 17.6 Å². The number of carbonyl (C=O) groups excluding carboxylic acids is 1. The van der Waals surface area contributed by atoms with Gasteiger partial charge < -0.3 is 20.1 Å². The molecule has 0 aromatic heterocycles. The normalized spacial score (nSPS) is 10.3. The van der Waals surface area contributed by atoms with Crippen LogP contribution < -0.4 is 20.1 Å². The number of anilines is 2. The molecule has 0 saturated carbocycles. The summed E-state index contributed by atoms with van der Waals surface area (Å²) in [6, 6.07) is 15.1. The molecule has 2 N–H and O–H groups in total. The largest absolute Gasteiger partial charge is 0.494 e. The second kappa shape index (κ2) is 11.8. The average Bonchev–Trinajstić information content (AvgIpc) is 2.69. The monoisotopic (exact) mass is 370 g/mol. The van der Waals surface area contributed by atoms with Crippen LogP contribution in [0.15, 0.2) is 48.5 Å². The molecule has 0 unspecified atom stereocenters. The van der Waals surface area contributed by atoms with Crippen LogP contribution in [0.3, 0.4) is 0 Å². The molecular formula is C22H30N2O3. The van der Waals surface area contributed by atoms with Crippen LogP contribution >= 0.6 is 0 Å². The molecular weight excluding hydrogens is 340 g/mol. The number of ether oxygens (including phenoxy) is 2. The summed E-state index contributed by atoms with van der Waals surface area (Å²) in [5.74, 6) is 1.40. The van der Waals surface area contributed by atoms with Gasteiger partial charge in [-0.1, -0.05) is 38.3 Å². The first-order valence-corrected chi connectivity index (χ1v) is 9.71. The van der Waals surface area contributed by atoms with Crippen molar-refractivity contribution >= 4 is 17.3 Å². The number of carbonyl (C=O) groups is 1. The highest BCUT2D eigenvalue weighted by Crippen LogP contribution is 2.23. The van der Waals surface area contributed by atoms with Crippen molar-refractivity contribution in [1.82, 2.24) is 0 Å². The number of hydrogen-bond donors (Lipinski definition) is 2. The van der Waals surface area contributed by atoms with E-state index in [1.165, 1.54) is 19.3 Å². The summed E-state index contributed by atoms with van der Waals surface area (Å²) in [5, 5.41) is 5.99. The number of benzene rings is 2. The van der Waals surface area contributed by atoms with Crippen molar-refractivity contribution in [2.45, 2.75) is 39.5 Å². The Labute approximate surface area is 162 Å². The molecule has 0 saturated heterocycles. The number of rotatable bonds is 12. The molecule has 146 valence electrons. The van der Waals surface area contributed by atoms with Gasteiger partial charge in [0.05, 0.1) is 25.4 Å². The summed E-state index contributed by atoms with van der Waals surface area (Å²) in [4.78, 5) is 12.2. The Morgan fingerprint density at radius 1 is 0.926 bits per heavy atom. The number of nitrogens with one attached hydrogen (secondary N) is 2. The second-order valence-corrected chi connectivity index (χ2v) is 6.26. The van der Waals surface area contributed by atoms with E-state index in [-0.39, 0.29) is 12.5 Å². The molecule has 0 aliphatic rings. The zero-order chi connectivity index (χ0) is 19.3. The molecule has 1 amide bonds. The van der Waals surface area contributed by atoms with Crippen LogP contribution in [0.1, 0.15) is 39.5 Å². The first kappa shape index (κ1) is 20.6. The van der Waals surface area contributed by atoms with Crippen molar-refractivity contribution in [3.8, 4) is 11.5 Å². The Bertz CT molecular complexity index is 686. The Morgan fingerprint density at radius 3 is 2.44 bits per heavy atom. The number of amides is 1. The predicted octanol–water partition coefficient (Wildman–Crippen LogP) is 5.10. The minimum Gasteiger partial charge on any atom is -0.494 e. The Kier molecular flexibility index (Phi) is 9.04. The van der Waals surface area contributed by atoms with Crippen LogP contribution in [0.5, 0.6) is 11.5 Å². The van der Waals surface area contributed by atoms with Gasteiger partial charge in [-0.3, -0.25) is 4.79 Å². The zero-order valence-electron chi connectivity index (χ0n) is 16.3. The topological polar surface area (TPSA) is 59.6 Å². The first-order valence-electron chi connectivity index (χ1n) is 9.71. The summed E-state index contributed by atoms with van der Waals surface area (Å²) < 4.78 is 11.2. The van der Waals surface area contributed by atoms with Gasteiger partial charge >= 0.3 is 0 Å². The van der Waals surface area contributed by atoms with Gasteiger partial charge in [0.2, 0.25) is 5.91 Å². The molecule has 0 spiro atoms. The summed E-state index contributed by atoms with van der Waals surface area (Å²) >= 11 is 0. The second-order valence-electron chi connectivity index (χ2n) is 6.26. The van der Waals surface area contributed by atoms with Gasteiger partial charge in [0.15, 0.2) is 0 Å². The summed E-state index contributed by atoms with van der Waals surface area (Å²) in [6.45, 7) is 5.59. The third kappa shape index (κ3) is 7.60. The van der Waals surface area contributed by atoms with Crippen LogP contribution in [0.4, 0.5) is 11.4 Å². The lowest BCUT2D eigenvalue weighted by atomic mass is 10.2. The maximum Gasteiger partial charge on any atom is 0.243 e. The summed E-state index contributed by atoms with van der Waals surface area (Å²) in [5.41, 5.74) is 1.56. The van der Waals surface area contributed by atoms with E-state index in [0.29, 0.717) is 18.0 Å². The van der Waals surface area contributed by atoms with Crippen molar-refractivity contribution in [1.29, 1.82) is 0 Å². The molecule has 5 heteroatoms. The lowest BCUT2D eigenvalue weighted by Crippen LogP contribution is -2.22. The van der Waals surface area contributed by atoms with E-state index in [1.807, 2.05) is 55.5 Å². The average molecular weight is 370 g/mol. The zero-order valence-corrected chi connectivity index (χ0v) is 16.3. The fourth-order valence-electron chi connectivity index (χ4n) is 2.62. The standard InChI is InChI=1S/C22H30N2O3/c1-3-5-6-9-16-27-19-14-12-18(13-15-19)23-17-22(25)24-20-10-7-8-11-21(20)26-4-2/h7-8,10-15,23H,3-6,9,16-17H2,1-2H3,(H,24,25). The third-order valence-corrected chi connectivity index (χ3v) is 4.03. The highest BCUT2D eigenvalue weighted by Gasteiger charge is 2.07. The highest BCUT2D eigenvalue weighted by molar-refractivity contribution is 5.95. The fraction of sp³-hybridized carbons (Fsp3) is 0.409. The Morgan fingerprint density at radius 2 is 1.70 bits per heavy atom. The van der Waals surface area contributed by atoms with Gasteiger partial charge in [0, 0.05) is 5.69 Å². The van der Waals surface area contributed by atoms with Crippen molar-refractivity contribution in [3.63, 3.8) is 0 Å². The van der Waals surface area contributed by atoms with E-state index in [9.17, 15) is 4.79 Å². The molecule has 0 heterocycles. The molecule has 0 fully saturated rings. The van der Waals surface area contributed by atoms with Crippen LogP contribution in [0.25, 0.3) is 0 Å². The molecule has 5 nitrogen and oxygen atoms in total. The van der Waals surface area contributed by atoms with Gasteiger partial charge in [0.1, 0.15) is 11.5 Å². The van der Waals surface area contributed by atoms with Gasteiger partial charge in [-0.15, -0.1) is 0 Å². The number of para-hydroxylation sites is 2. The number of hydrogen-bond acceptors (Lipinski definition) is 4. The minimum absolute atomic E-state index is 0.126. The summed E-state index contributed by atoms with van der Waals surface area (Å²) in [7, 11) is 0. The van der Waals surface area contributed by atoms with E-state index < -0.39 is 0 Å². The van der Waals surface area contributed by atoms with Crippen LogP contribution in [0.2, 0.25) is 0 Å². The maximum atomic E-state index is 12.2. The summed E-state index contributed by atoms with van der Waals surface area (Å²) in [6.07, 6.45) is 4.77. The quantitative estimate of drug-likeness (QED) is 0.511. The van der Waals surface area contributed by atoms with Gasteiger partial charge in [-0.25, -0.2) is 0 Å². The van der Waals surface area contributed by atoms with E-state index >= 15 is 0 Å². The van der Waals surface area contributed by atoms with Gasteiger partial charge in [-0.2, -0.15) is 0 Å². The number of unbranched alkanes of at least 4 members (excludes halogenated alkanes) is 3.